The lowest BCUT2D eigenvalue weighted by Crippen LogP contribution is -2.24. The standard InChI is InChI=1S/C15H24BrNO2/c1-3-9-17-12-15(19-11-4-10-18-2)13-5-7-14(16)8-6-13/h5-8,15,17H,3-4,9-12H2,1-2H3. The first-order valence-electron chi connectivity index (χ1n) is 6.84. The molecule has 0 saturated heterocycles. The molecule has 108 valence electrons. The number of methoxy groups -OCH3 is 1. The normalized spacial score (nSPS) is 12.6. The molecule has 0 bridgehead atoms. The average molecular weight is 330 g/mol. The molecule has 19 heavy (non-hydrogen) atoms. The molecule has 0 aliphatic rings. The first kappa shape index (κ1) is 16.6. The molecule has 0 saturated carbocycles. The van der Waals surface area contributed by atoms with Crippen LogP contribution in [-0.4, -0.2) is 33.4 Å². The van der Waals surface area contributed by atoms with Gasteiger partial charge in [0.15, 0.2) is 0 Å². The minimum absolute atomic E-state index is 0.108. The number of rotatable bonds is 10. The third-order valence-electron chi connectivity index (χ3n) is 2.81. The summed E-state index contributed by atoms with van der Waals surface area (Å²) in [5, 5.41) is 3.42. The fourth-order valence-corrected chi connectivity index (χ4v) is 2.05. The van der Waals surface area contributed by atoms with Crippen LogP contribution in [0, 0.1) is 0 Å². The lowest BCUT2D eigenvalue weighted by molar-refractivity contribution is 0.0389. The summed E-state index contributed by atoms with van der Waals surface area (Å²) in [7, 11) is 1.72. The summed E-state index contributed by atoms with van der Waals surface area (Å²) in [6.07, 6.45) is 2.17. The van der Waals surface area contributed by atoms with Crippen LogP contribution in [0.3, 0.4) is 0 Å². The zero-order valence-electron chi connectivity index (χ0n) is 11.8. The lowest BCUT2D eigenvalue weighted by atomic mass is 10.1. The second kappa shape index (κ2) is 10.4. The first-order chi connectivity index (χ1) is 9.27. The van der Waals surface area contributed by atoms with Crippen molar-refractivity contribution in [2.45, 2.75) is 25.9 Å². The van der Waals surface area contributed by atoms with Gasteiger partial charge in [-0.25, -0.2) is 0 Å². The number of halogens is 1. The van der Waals surface area contributed by atoms with E-state index in [0.29, 0.717) is 0 Å². The minimum Gasteiger partial charge on any atom is -0.385 e. The van der Waals surface area contributed by atoms with Crippen LogP contribution in [0.15, 0.2) is 28.7 Å². The van der Waals surface area contributed by atoms with Gasteiger partial charge in [0.05, 0.1) is 6.10 Å². The van der Waals surface area contributed by atoms with E-state index in [1.165, 1.54) is 5.56 Å². The van der Waals surface area contributed by atoms with Crippen LogP contribution in [-0.2, 0) is 9.47 Å². The highest BCUT2D eigenvalue weighted by Gasteiger charge is 2.11. The molecule has 0 heterocycles. The van der Waals surface area contributed by atoms with Gasteiger partial charge in [-0.15, -0.1) is 0 Å². The first-order valence-corrected chi connectivity index (χ1v) is 7.64. The van der Waals surface area contributed by atoms with Gasteiger partial charge in [-0.2, -0.15) is 0 Å². The van der Waals surface area contributed by atoms with Gasteiger partial charge in [0.25, 0.3) is 0 Å². The Morgan fingerprint density at radius 2 is 1.95 bits per heavy atom. The quantitative estimate of drug-likeness (QED) is 0.666. The predicted octanol–water partition coefficient (Wildman–Crippen LogP) is 3.54. The van der Waals surface area contributed by atoms with Crippen molar-refractivity contribution in [3.63, 3.8) is 0 Å². The van der Waals surface area contributed by atoms with Crippen molar-refractivity contribution in [1.29, 1.82) is 0 Å². The predicted molar refractivity (Wildman–Crippen MR) is 82.5 cm³/mol. The Morgan fingerprint density at radius 1 is 1.21 bits per heavy atom. The van der Waals surface area contributed by atoms with Crippen molar-refractivity contribution in [3.05, 3.63) is 34.3 Å². The third-order valence-corrected chi connectivity index (χ3v) is 3.34. The molecular formula is C15H24BrNO2. The van der Waals surface area contributed by atoms with Gasteiger partial charge in [-0.05, 0) is 37.1 Å². The Labute approximate surface area is 124 Å². The van der Waals surface area contributed by atoms with Gasteiger partial charge in [-0.1, -0.05) is 35.0 Å². The summed E-state index contributed by atoms with van der Waals surface area (Å²) in [4.78, 5) is 0. The number of benzene rings is 1. The summed E-state index contributed by atoms with van der Waals surface area (Å²) >= 11 is 3.46. The number of hydrogen-bond acceptors (Lipinski definition) is 3. The number of ether oxygens (including phenoxy) is 2. The molecule has 0 aromatic heterocycles. The van der Waals surface area contributed by atoms with Gasteiger partial charge in [0, 0.05) is 31.3 Å². The van der Waals surface area contributed by atoms with Crippen molar-refractivity contribution in [2.75, 3.05) is 33.4 Å². The Morgan fingerprint density at radius 3 is 2.58 bits per heavy atom. The summed E-state index contributed by atoms with van der Waals surface area (Å²) in [5.74, 6) is 0. The van der Waals surface area contributed by atoms with E-state index in [-0.39, 0.29) is 6.10 Å². The molecule has 4 heteroatoms. The molecule has 0 aliphatic heterocycles. The molecule has 0 spiro atoms. The van der Waals surface area contributed by atoms with Crippen molar-refractivity contribution >= 4 is 15.9 Å². The monoisotopic (exact) mass is 329 g/mol. The van der Waals surface area contributed by atoms with Gasteiger partial charge >= 0.3 is 0 Å². The maximum Gasteiger partial charge on any atom is 0.0949 e. The van der Waals surface area contributed by atoms with Gasteiger partial charge < -0.3 is 14.8 Å². The van der Waals surface area contributed by atoms with E-state index >= 15 is 0 Å². The molecular weight excluding hydrogens is 306 g/mol. The fourth-order valence-electron chi connectivity index (χ4n) is 1.79. The van der Waals surface area contributed by atoms with Crippen LogP contribution in [0.2, 0.25) is 0 Å². The average Bonchev–Trinajstić information content (AvgIpc) is 2.43. The second-order valence-corrected chi connectivity index (χ2v) is 5.38. The van der Waals surface area contributed by atoms with Crippen LogP contribution in [0.25, 0.3) is 0 Å². The number of hydrogen-bond donors (Lipinski definition) is 1. The molecule has 0 aliphatic carbocycles. The summed E-state index contributed by atoms with van der Waals surface area (Å²) in [6, 6.07) is 8.33. The maximum absolute atomic E-state index is 5.96. The third kappa shape index (κ3) is 7.06. The summed E-state index contributed by atoms with van der Waals surface area (Å²) in [6.45, 7) is 5.51. The van der Waals surface area contributed by atoms with E-state index in [2.05, 4.69) is 52.4 Å². The fraction of sp³-hybridized carbons (Fsp3) is 0.600. The van der Waals surface area contributed by atoms with Crippen LogP contribution in [0.4, 0.5) is 0 Å². The maximum atomic E-state index is 5.96. The molecule has 0 fully saturated rings. The molecule has 1 rings (SSSR count). The van der Waals surface area contributed by atoms with Crippen LogP contribution >= 0.6 is 15.9 Å². The zero-order chi connectivity index (χ0) is 13.9. The van der Waals surface area contributed by atoms with Crippen molar-refractivity contribution < 1.29 is 9.47 Å². The highest BCUT2D eigenvalue weighted by atomic mass is 79.9. The zero-order valence-corrected chi connectivity index (χ0v) is 13.4. The number of nitrogens with one attached hydrogen (secondary N) is 1. The van der Waals surface area contributed by atoms with Crippen molar-refractivity contribution in [3.8, 4) is 0 Å². The van der Waals surface area contributed by atoms with Crippen LogP contribution < -0.4 is 5.32 Å². The Hall–Kier alpha value is -0.420. The van der Waals surface area contributed by atoms with Gasteiger partial charge in [-0.3, -0.25) is 0 Å². The Balaban J connectivity index is 2.49. The van der Waals surface area contributed by atoms with Gasteiger partial charge in [0.1, 0.15) is 0 Å². The summed E-state index contributed by atoms with van der Waals surface area (Å²) in [5.41, 5.74) is 1.21. The molecule has 1 unspecified atom stereocenters. The molecule has 1 atom stereocenters. The molecule has 0 amide bonds. The molecule has 3 nitrogen and oxygen atoms in total. The highest BCUT2D eigenvalue weighted by molar-refractivity contribution is 9.10. The van der Waals surface area contributed by atoms with Crippen molar-refractivity contribution in [1.82, 2.24) is 5.32 Å². The van der Waals surface area contributed by atoms with E-state index in [1.807, 2.05) is 0 Å². The van der Waals surface area contributed by atoms with Crippen LogP contribution in [0.5, 0.6) is 0 Å². The molecule has 0 radical (unpaired) electrons. The second-order valence-electron chi connectivity index (χ2n) is 4.46. The lowest BCUT2D eigenvalue weighted by Gasteiger charge is -2.19. The SMILES string of the molecule is CCCNCC(OCCCOC)c1ccc(Br)cc1. The van der Waals surface area contributed by atoms with Crippen molar-refractivity contribution in [2.24, 2.45) is 0 Å². The topological polar surface area (TPSA) is 30.5 Å². The van der Waals surface area contributed by atoms with E-state index < -0.39 is 0 Å². The Kier molecular flexibility index (Phi) is 9.08. The van der Waals surface area contributed by atoms with Gasteiger partial charge in [0.2, 0.25) is 0 Å². The summed E-state index contributed by atoms with van der Waals surface area (Å²) < 4.78 is 12.1. The smallest absolute Gasteiger partial charge is 0.0949 e. The van der Waals surface area contributed by atoms with E-state index in [4.69, 9.17) is 9.47 Å². The molecule has 1 N–H and O–H groups in total. The molecule has 1 aromatic rings. The van der Waals surface area contributed by atoms with E-state index in [1.54, 1.807) is 7.11 Å². The van der Waals surface area contributed by atoms with E-state index in [0.717, 1.165) is 43.6 Å². The largest absolute Gasteiger partial charge is 0.385 e. The van der Waals surface area contributed by atoms with E-state index in [9.17, 15) is 0 Å². The Bertz CT molecular complexity index is 329. The van der Waals surface area contributed by atoms with Crippen LogP contribution in [0.1, 0.15) is 31.4 Å². The molecule has 1 aromatic carbocycles. The minimum atomic E-state index is 0.108. The highest BCUT2D eigenvalue weighted by Crippen LogP contribution is 2.19.